The van der Waals surface area contributed by atoms with Crippen LogP contribution in [0, 0.1) is 17.8 Å². The fourth-order valence-corrected chi connectivity index (χ4v) is 4.13. The monoisotopic (exact) mass is 237 g/mol. The molecule has 0 aromatic rings. The summed E-state index contributed by atoms with van der Waals surface area (Å²) >= 11 is 0. The minimum absolute atomic E-state index is 0.227. The maximum Gasteiger partial charge on any atom is 0.191 e. The number of rotatable bonds is 2. The normalized spacial score (nSPS) is 37.9. The van der Waals surface area contributed by atoms with Gasteiger partial charge in [-0.1, -0.05) is 27.2 Å². The first-order valence-corrected chi connectivity index (χ1v) is 7.08. The number of hydrogen-bond acceptors (Lipinski definition) is 3. The van der Waals surface area contributed by atoms with Crippen molar-refractivity contribution in [1.82, 2.24) is 4.90 Å². The highest BCUT2D eigenvalue weighted by Gasteiger charge is 2.50. The van der Waals surface area contributed by atoms with Crippen molar-refractivity contribution in [2.75, 3.05) is 13.1 Å². The lowest BCUT2D eigenvalue weighted by molar-refractivity contribution is 0.0263. The summed E-state index contributed by atoms with van der Waals surface area (Å²) in [6.45, 7) is 11.2. The molecule has 1 aliphatic carbocycles. The number of guanidine groups is 1. The van der Waals surface area contributed by atoms with Crippen molar-refractivity contribution < 1.29 is 0 Å². The van der Waals surface area contributed by atoms with Crippen LogP contribution in [0.3, 0.4) is 0 Å². The molecule has 1 aliphatic heterocycles. The Bertz CT molecular complexity index is 311. The molecule has 0 aromatic carbocycles. The third kappa shape index (κ3) is 1.94. The van der Waals surface area contributed by atoms with Crippen LogP contribution in [-0.4, -0.2) is 29.5 Å². The summed E-state index contributed by atoms with van der Waals surface area (Å²) in [7, 11) is 0. The Morgan fingerprint density at radius 2 is 2.18 bits per heavy atom. The topological polar surface area (TPSA) is 41.6 Å². The Balaban J connectivity index is 2.30. The largest absolute Gasteiger partial charge is 0.370 e. The van der Waals surface area contributed by atoms with Gasteiger partial charge in [-0.3, -0.25) is 4.99 Å². The van der Waals surface area contributed by atoms with Gasteiger partial charge in [-0.25, -0.2) is 0 Å². The van der Waals surface area contributed by atoms with E-state index in [4.69, 9.17) is 5.73 Å². The number of aliphatic imine (C=N–C) groups is 1. The second-order valence-electron chi connectivity index (χ2n) is 6.26. The molecule has 3 nitrogen and oxygen atoms in total. The number of nitrogens with two attached hydrogens (primary N) is 1. The van der Waals surface area contributed by atoms with Crippen molar-refractivity contribution >= 4 is 5.96 Å². The van der Waals surface area contributed by atoms with Gasteiger partial charge in [-0.05, 0) is 37.5 Å². The highest BCUT2D eigenvalue weighted by molar-refractivity contribution is 5.81. The zero-order valence-corrected chi connectivity index (χ0v) is 11.7. The summed E-state index contributed by atoms with van der Waals surface area (Å²) in [5.74, 6) is 3.04. The Kier molecular flexibility index (Phi) is 3.37. The van der Waals surface area contributed by atoms with Crippen LogP contribution in [0.4, 0.5) is 0 Å². The number of nitrogens with zero attached hydrogens (tertiary/aromatic N) is 2. The second-order valence-corrected chi connectivity index (χ2v) is 6.26. The van der Waals surface area contributed by atoms with E-state index in [0.717, 1.165) is 36.8 Å². The van der Waals surface area contributed by atoms with Crippen LogP contribution in [0.25, 0.3) is 0 Å². The van der Waals surface area contributed by atoms with E-state index in [1.807, 2.05) is 0 Å². The molecule has 98 valence electrons. The molecule has 2 rings (SSSR count). The molecule has 0 radical (unpaired) electrons. The van der Waals surface area contributed by atoms with E-state index in [2.05, 4.69) is 37.6 Å². The van der Waals surface area contributed by atoms with Crippen LogP contribution in [-0.2, 0) is 0 Å². The van der Waals surface area contributed by atoms with Crippen LogP contribution in [0.2, 0.25) is 0 Å². The molecule has 3 heteroatoms. The van der Waals surface area contributed by atoms with E-state index >= 15 is 0 Å². The first-order valence-electron chi connectivity index (χ1n) is 7.08. The van der Waals surface area contributed by atoms with Gasteiger partial charge in [0, 0.05) is 6.54 Å². The van der Waals surface area contributed by atoms with Gasteiger partial charge in [0.05, 0.1) is 12.1 Å². The first kappa shape index (κ1) is 12.7. The van der Waals surface area contributed by atoms with Gasteiger partial charge in [-0.2, -0.15) is 0 Å². The smallest absolute Gasteiger partial charge is 0.191 e. The Morgan fingerprint density at radius 1 is 1.47 bits per heavy atom. The second kappa shape index (κ2) is 4.51. The summed E-state index contributed by atoms with van der Waals surface area (Å²) in [6.07, 6.45) is 3.95. The molecule has 0 saturated heterocycles. The summed E-state index contributed by atoms with van der Waals surface area (Å²) in [5, 5.41) is 0. The van der Waals surface area contributed by atoms with Gasteiger partial charge >= 0.3 is 0 Å². The maximum atomic E-state index is 6.08. The summed E-state index contributed by atoms with van der Waals surface area (Å²) in [6, 6.07) is 0. The number of hydrogen-bond donors (Lipinski definition) is 1. The average Bonchev–Trinajstić information content (AvgIpc) is 2.55. The van der Waals surface area contributed by atoms with Gasteiger partial charge in [0.1, 0.15) is 0 Å². The zero-order valence-electron chi connectivity index (χ0n) is 11.7. The molecule has 1 fully saturated rings. The highest BCUT2D eigenvalue weighted by atomic mass is 15.4. The fourth-order valence-electron chi connectivity index (χ4n) is 4.13. The van der Waals surface area contributed by atoms with Crippen LogP contribution in [0.5, 0.6) is 0 Å². The molecule has 1 heterocycles. The molecular weight excluding hydrogens is 210 g/mol. The van der Waals surface area contributed by atoms with Gasteiger partial charge < -0.3 is 10.6 Å². The first-order chi connectivity index (χ1) is 8.01. The molecule has 3 unspecified atom stereocenters. The van der Waals surface area contributed by atoms with Gasteiger partial charge in [-0.15, -0.1) is 0 Å². The number of likely N-dealkylation sites (N-methyl/N-ethyl adjacent to an activating group) is 1. The third-order valence-corrected chi connectivity index (χ3v) is 4.81. The summed E-state index contributed by atoms with van der Waals surface area (Å²) < 4.78 is 0. The van der Waals surface area contributed by atoms with Crippen molar-refractivity contribution in [2.24, 2.45) is 28.5 Å². The molecule has 2 N–H and O–H groups in total. The molecule has 1 spiro atoms. The fraction of sp³-hybridized carbons (Fsp3) is 0.929. The predicted molar refractivity (Wildman–Crippen MR) is 72.9 cm³/mol. The highest BCUT2D eigenvalue weighted by Crippen LogP contribution is 2.46. The standard InChI is InChI=1S/C14H27N3/c1-5-17-13(15)16-9-14(17)8-11(4)6-7-12(14)10(2)3/h10-12H,5-9H2,1-4H3,(H2,15,16). The lowest BCUT2D eigenvalue weighted by Gasteiger charge is -2.51. The third-order valence-electron chi connectivity index (χ3n) is 4.81. The van der Waals surface area contributed by atoms with E-state index in [1.165, 1.54) is 19.3 Å². The summed E-state index contributed by atoms with van der Waals surface area (Å²) in [5.41, 5.74) is 6.31. The summed E-state index contributed by atoms with van der Waals surface area (Å²) in [4.78, 5) is 6.94. The molecular formula is C14H27N3. The van der Waals surface area contributed by atoms with Crippen LogP contribution < -0.4 is 5.73 Å². The molecule has 2 aliphatic rings. The van der Waals surface area contributed by atoms with Gasteiger partial charge in [0.15, 0.2) is 5.96 Å². The van der Waals surface area contributed by atoms with Crippen molar-refractivity contribution in [3.8, 4) is 0 Å². The van der Waals surface area contributed by atoms with E-state index in [9.17, 15) is 0 Å². The molecule has 1 saturated carbocycles. The maximum absolute atomic E-state index is 6.08. The predicted octanol–water partition coefficient (Wildman–Crippen LogP) is 2.47. The van der Waals surface area contributed by atoms with E-state index < -0.39 is 0 Å². The Morgan fingerprint density at radius 3 is 2.76 bits per heavy atom. The van der Waals surface area contributed by atoms with Crippen molar-refractivity contribution in [2.45, 2.75) is 52.5 Å². The quantitative estimate of drug-likeness (QED) is 0.801. The Labute approximate surface area is 105 Å². The zero-order chi connectivity index (χ0) is 12.6. The molecule has 0 aromatic heterocycles. The molecule has 0 bridgehead atoms. The SMILES string of the molecule is CCN1C(N)=NCC12CC(C)CCC2C(C)C. The van der Waals surface area contributed by atoms with Crippen LogP contribution in [0.15, 0.2) is 4.99 Å². The van der Waals surface area contributed by atoms with Crippen molar-refractivity contribution in [3.63, 3.8) is 0 Å². The van der Waals surface area contributed by atoms with E-state index in [0.29, 0.717) is 0 Å². The van der Waals surface area contributed by atoms with Crippen LogP contribution in [0.1, 0.15) is 47.0 Å². The Hall–Kier alpha value is -0.730. The molecule has 0 amide bonds. The average molecular weight is 237 g/mol. The van der Waals surface area contributed by atoms with Crippen LogP contribution >= 0.6 is 0 Å². The minimum atomic E-state index is 0.227. The van der Waals surface area contributed by atoms with E-state index in [1.54, 1.807) is 0 Å². The lowest BCUT2D eigenvalue weighted by Crippen LogP contribution is -2.59. The van der Waals surface area contributed by atoms with Crippen molar-refractivity contribution in [3.05, 3.63) is 0 Å². The van der Waals surface area contributed by atoms with Gasteiger partial charge in [0.2, 0.25) is 0 Å². The van der Waals surface area contributed by atoms with Gasteiger partial charge in [0.25, 0.3) is 0 Å². The lowest BCUT2D eigenvalue weighted by atomic mass is 9.64. The molecule has 17 heavy (non-hydrogen) atoms. The van der Waals surface area contributed by atoms with Crippen molar-refractivity contribution in [1.29, 1.82) is 0 Å². The molecule has 3 atom stereocenters. The minimum Gasteiger partial charge on any atom is -0.370 e. The van der Waals surface area contributed by atoms with E-state index in [-0.39, 0.29) is 5.54 Å².